The van der Waals surface area contributed by atoms with Crippen LogP contribution < -0.4 is 4.90 Å². The van der Waals surface area contributed by atoms with Crippen molar-refractivity contribution in [2.45, 2.75) is 19.9 Å². The Morgan fingerprint density at radius 3 is 2.61 bits per heavy atom. The van der Waals surface area contributed by atoms with Crippen LogP contribution in [0.4, 0.5) is 5.69 Å². The molecule has 23 heavy (non-hydrogen) atoms. The zero-order chi connectivity index (χ0) is 16.4. The second-order valence-electron chi connectivity index (χ2n) is 5.56. The molecule has 0 saturated carbocycles. The minimum absolute atomic E-state index is 0.0728. The van der Waals surface area contributed by atoms with Gasteiger partial charge in [-0.3, -0.25) is 14.7 Å². The Balaban J connectivity index is 2.03. The van der Waals surface area contributed by atoms with E-state index in [0.29, 0.717) is 10.6 Å². The van der Waals surface area contributed by atoms with Crippen molar-refractivity contribution in [3.63, 3.8) is 0 Å². The molecule has 3 nitrogen and oxygen atoms in total. The molecule has 1 amide bonds. The zero-order valence-corrected chi connectivity index (χ0v) is 14.6. The minimum atomic E-state index is -0.0728. The molecule has 118 valence electrons. The standard InChI is InChI=1S/C18H17ClN2OS/c1-12-4-3-5-14(10-12)17(22)21(18-20-13(2)11-23-18)16-8-6-15(19)7-9-16/h3-10,13H,11H2,1-2H3/t13-/m0/s1. The van der Waals surface area contributed by atoms with E-state index < -0.39 is 0 Å². The number of amides is 1. The molecule has 0 N–H and O–H groups in total. The summed E-state index contributed by atoms with van der Waals surface area (Å²) in [5.41, 5.74) is 2.49. The van der Waals surface area contributed by atoms with Gasteiger partial charge >= 0.3 is 0 Å². The number of nitrogens with zero attached hydrogens (tertiary/aromatic N) is 2. The first-order chi connectivity index (χ1) is 11.0. The highest BCUT2D eigenvalue weighted by Crippen LogP contribution is 2.28. The molecule has 0 bridgehead atoms. The van der Waals surface area contributed by atoms with Crippen molar-refractivity contribution in [2.24, 2.45) is 4.99 Å². The monoisotopic (exact) mass is 344 g/mol. The second-order valence-corrected chi connectivity index (χ2v) is 6.98. The van der Waals surface area contributed by atoms with Crippen LogP contribution in [0.3, 0.4) is 0 Å². The molecule has 0 saturated heterocycles. The molecular formula is C18H17ClN2OS. The lowest BCUT2D eigenvalue weighted by atomic mass is 10.1. The van der Waals surface area contributed by atoms with Gasteiger partial charge in [0.05, 0.1) is 11.7 Å². The van der Waals surface area contributed by atoms with Crippen LogP contribution in [0.15, 0.2) is 53.5 Å². The summed E-state index contributed by atoms with van der Waals surface area (Å²) in [7, 11) is 0. The van der Waals surface area contributed by atoms with Crippen LogP contribution in [0.25, 0.3) is 0 Å². The van der Waals surface area contributed by atoms with Gasteiger partial charge in [0, 0.05) is 16.3 Å². The summed E-state index contributed by atoms with van der Waals surface area (Å²) in [6, 6.07) is 15.1. The second kappa shape index (κ2) is 6.77. The highest BCUT2D eigenvalue weighted by atomic mass is 35.5. The van der Waals surface area contributed by atoms with Gasteiger partial charge in [-0.2, -0.15) is 0 Å². The predicted octanol–water partition coefficient (Wildman–Crippen LogP) is 4.79. The van der Waals surface area contributed by atoms with E-state index in [4.69, 9.17) is 11.6 Å². The van der Waals surface area contributed by atoms with Crippen LogP contribution in [0, 0.1) is 6.92 Å². The van der Waals surface area contributed by atoms with Crippen molar-refractivity contribution in [1.29, 1.82) is 0 Å². The first-order valence-electron chi connectivity index (χ1n) is 7.42. The molecule has 0 aromatic heterocycles. The smallest absolute Gasteiger partial charge is 0.264 e. The molecule has 3 rings (SSSR count). The van der Waals surface area contributed by atoms with Crippen LogP contribution in [0.5, 0.6) is 0 Å². The fraction of sp³-hybridized carbons (Fsp3) is 0.222. The Hall–Kier alpha value is -1.78. The van der Waals surface area contributed by atoms with Crippen molar-refractivity contribution >= 4 is 40.1 Å². The Morgan fingerprint density at radius 2 is 2.00 bits per heavy atom. The number of hydrogen-bond donors (Lipinski definition) is 0. The number of thioether (sulfide) groups is 1. The summed E-state index contributed by atoms with van der Waals surface area (Å²) in [6.45, 7) is 4.03. The zero-order valence-electron chi connectivity index (χ0n) is 13.0. The normalized spacial score (nSPS) is 17.0. The molecule has 1 aliphatic rings. The summed E-state index contributed by atoms with van der Waals surface area (Å²) < 4.78 is 0. The van der Waals surface area contributed by atoms with Crippen LogP contribution in [-0.2, 0) is 0 Å². The van der Waals surface area contributed by atoms with Crippen molar-refractivity contribution in [2.75, 3.05) is 10.7 Å². The molecular weight excluding hydrogens is 328 g/mol. The van der Waals surface area contributed by atoms with Gasteiger partial charge in [-0.05, 0) is 50.2 Å². The molecule has 2 aromatic rings. The third-order valence-corrected chi connectivity index (χ3v) is 4.98. The minimum Gasteiger partial charge on any atom is -0.268 e. The quantitative estimate of drug-likeness (QED) is 0.784. The highest BCUT2D eigenvalue weighted by molar-refractivity contribution is 8.14. The number of aliphatic imine (C=N–C) groups is 1. The van der Waals surface area contributed by atoms with Gasteiger partial charge in [0.2, 0.25) is 0 Å². The third kappa shape index (κ3) is 3.59. The van der Waals surface area contributed by atoms with Crippen molar-refractivity contribution < 1.29 is 4.79 Å². The maximum atomic E-state index is 13.1. The van der Waals surface area contributed by atoms with Crippen LogP contribution in [0.1, 0.15) is 22.8 Å². The van der Waals surface area contributed by atoms with Crippen LogP contribution >= 0.6 is 23.4 Å². The Morgan fingerprint density at radius 1 is 1.26 bits per heavy atom. The predicted molar refractivity (Wildman–Crippen MR) is 98.8 cm³/mol. The van der Waals surface area contributed by atoms with E-state index in [9.17, 15) is 4.79 Å². The molecule has 1 aliphatic heterocycles. The number of aryl methyl sites for hydroxylation is 1. The summed E-state index contributed by atoms with van der Waals surface area (Å²) in [5.74, 6) is 0.817. The summed E-state index contributed by atoms with van der Waals surface area (Å²) in [4.78, 5) is 19.4. The molecule has 5 heteroatoms. The SMILES string of the molecule is Cc1cccc(C(=O)N(C2=N[C@@H](C)CS2)c2ccc(Cl)cc2)c1. The molecule has 0 unspecified atom stereocenters. The van der Waals surface area contributed by atoms with Gasteiger partial charge in [0.15, 0.2) is 5.17 Å². The van der Waals surface area contributed by atoms with Crippen molar-refractivity contribution in [3.8, 4) is 0 Å². The number of rotatable bonds is 2. The van der Waals surface area contributed by atoms with Crippen LogP contribution in [0.2, 0.25) is 5.02 Å². The molecule has 1 heterocycles. The number of amidine groups is 1. The third-order valence-electron chi connectivity index (χ3n) is 3.53. The number of carbonyl (C=O) groups excluding carboxylic acids is 1. The summed E-state index contributed by atoms with van der Waals surface area (Å²) in [6.07, 6.45) is 0. The van der Waals surface area contributed by atoms with E-state index in [1.54, 1.807) is 28.8 Å². The van der Waals surface area contributed by atoms with Gasteiger partial charge in [-0.25, -0.2) is 0 Å². The Kier molecular flexibility index (Phi) is 4.74. The number of benzene rings is 2. The van der Waals surface area contributed by atoms with Gasteiger partial charge in [0.1, 0.15) is 0 Å². The summed E-state index contributed by atoms with van der Waals surface area (Å²) in [5, 5.41) is 1.39. The summed E-state index contributed by atoms with van der Waals surface area (Å²) >= 11 is 7.58. The maximum absolute atomic E-state index is 13.1. The topological polar surface area (TPSA) is 32.7 Å². The van der Waals surface area contributed by atoms with E-state index in [-0.39, 0.29) is 11.9 Å². The first kappa shape index (κ1) is 16.1. The lowest BCUT2D eigenvalue weighted by Gasteiger charge is -2.22. The van der Waals surface area contributed by atoms with Crippen molar-refractivity contribution in [1.82, 2.24) is 0 Å². The van der Waals surface area contributed by atoms with Gasteiger partial charge in [-0.1, -0.05) is 41.1 Å². The average molecular weight is 345 g/mol. The number of hydrogen-bond acceptors (Lipinski definition) is 3. The number of anilines is 1. The molecule has 0 spiro atoms. The molecule has 1 atom stereocenters. The Labute approximate surface area is 145 Å². The van der Waals surface area contributed by atoms with E-state index >= 15 is 0 Å². The van der Waals surface area contributed by atoms with Crippen molar-refractivity contribution in [3.05, 3.63) is 64.7 Å². The molecule has 0 aliphatic carbocycles. The van der Waals surface area contributed by atoms with E-state index in [0.717, 1.165) is 22.2 Å². The fourth-order valence-electron chi connectivity index (χ4n) is 2.39. The first-order valence-corrected chi connectivity index (χ1v) is 8.78. The van der Waals surface area contributed by atoms with Gasteiger partial charge in [0.25, 0.3) is 5.91 Å². The highest BCUT2D eigenvalue weighted by Gasteiger charge is 2.27. The average Bonchev–Trinajstić information content (AvgIpc) is 2.95. The molecule has 2 aromatic carbocycles. The van der Waals surface area contributed by atoms with Gasteiger partial charge < -0.3 is 0 Å². The van der Waals surface area contributed by atoms with Gasteiger partial charge in [-0.15, -0.1) is 0 Å². The Bertz CT molecular complexity index is 758. The van der Waals surface area contributed by atoms with Crippen LogP contribution in [-0.4, -0.2) is 22.9 Å². The fourth-order valence-corrected chi connectivity index (χ4v) is 3.56. The largest absolute Gasteiger partial charge is 0.268 e. The molecule has 0 radical (unpaired) electrons. The van der Waals surface area contributed by atoms with E-state index in [2.05, 4.69) is 11.9 Å². The lowest BCUT2D eigenvalue weighted by molar-refractivity contribution is 0.100. The van der Waals surface area contributed by atoms with E-state index in [1.165, 1.54) is 0 Å². The number of halogens is 1. The van der Waals surface area contributed by atoms with E-state index in [1.807, 2.05) is 43.3 Å². The molecule has 0 fully saturated rings. The lowest BCUT2D eigenvalue weighted by Crippen LogP contribution is -2.34. The number of carbonyl (C=O) groups is 1. The maximum Gasteiger partial charge on any atom is 0.264 e.